The summed E-state index contributed by atoms with van der Waals surface area (Å²) in [6.07, 6.45) is 5.24. The van der Waals surface area contributed by atoms with Crippen LogP contribution in [0.15, 0.2) is 53.6 Å². The quantitative estimate of drug-likeness (QED) is 0.776. The standard InChI is InChI=1S/C13H9N3O3/c17-13(18)12-7-11(15-19-12)9-1-3-10(4-2-9)16-6-5-14-8-16/h1-8H,(H,17,18). The summed E-state index contributed by atoms with van der Waals surface area (Å²) in [6, 6.07) is 8.88. The van der Waals surface area contributed by atoms with Crippen molar-refractivity contribution >= 4 is 5.97 Å². The van der Waals surface area contributed by atoms with Crippen LogP contribution in [-0.4, -0.2) is 25.8 Å². The molecule has 0 bridgehead atoms. The van der Waals surface area contributed by atoms with E-state index in [0.717, 1.165) is 11.3 Å². The minimum Gasteiger partial charge on any atom is -0.475 e. The Kier molecular flexibility index (Phi) is 2.60. The lowest BCUT2D eigenvalue weighted by molar-refractivity contribution is 0.0652. The molecule has 0 spiro atoms. The van der Waals surface area contributed by atoms with Crippen LogP contribution >= 0.6 is 0 Å². The first-order chi connectivity index (χ1) is 9.24. The van der Waals surface area contributed by atoms with Crippen molar-refractivity contribution in [2.75, 3.05) is 0 Å². The zero-order chi connectivity index (χ0) is 13.2. The second kappa shape index (κ2) is 4.41. The maximum Gasteiger partial charge on any atom is 0.374 e. The molecule has 0 unspecified atom stereocenters. The molecule has 2 aromatic heterocycles. The first kappa shape index (κ1) is 11.2. The van der Waals surface area contributed by atoms with E-state index in [4.69, 9.17) is 9.63 Å². The average molecular weight is 255 g/mol. The number of carbonyl (C=O) groups is 1. The summed E-state index contributed by atoms with van der Waals surface area (Å²) in [5.74, 6) is -1.30. The van der Waals surface area contributed by atoms with Gasteiger partial charge in [-0.3, -0.25) is 0 Å². The molecule has 0 radical (unpaired) electrons. The normalized spacial score (nSPS) is 10.5. The number of aromatic nitrogens is 3. The Morgan fingerprint density at radius 3 is 2.63 bits per heavy atom. The van der Waals surface area contributed by atoms with Crippen molar-refractivity contribution < 1.29 is 14.4 Å². The molecule has 6 nitrogen and oxygen atoms in total. The molecule has 0 amide bonds. The summed E-state index contributed by atoms with van der Waals surface area (Å²) in [7, 11) is 0. The van der Waals surface area contributed by atoms with E-state index in [2.05, 4.69) is 10.1 Å². The fourth-order valence-electron chi connectivity index (χ4n) is 1.73. The number of nitrogens with zero attached hydrogens (tertiary/aromatic N) is 3. The minimum absolute atomic E-state index is 0.173. The lowest BCUT2D eigenvalue weighted by Crippen LogP contribution is -1.91. The highest BCUT2D eigenvalue weighted by Crippen LogP contribution is 2.20. The van der Waals surface area contributed by atoms with Gasteiger partial charge in [0.15, 0.2) is 0 Å². The van der Waals surface area contributed by atoms with Gasteiger partial charge in [-0.05, 0) is 12.1 Å². The zero-order valence-corrected chi connectivity index (χ0v) is 9.72. The maximum atomic E-state index is 10.7. The molecule has 0 aliphatic heterocycles. The number of aromatic carboxylic acids is 1. The molecular weight excluding hydrogens is 246 g/mol. The molecule has 0 aliphatic carbocycles. The van der Waals surface area contributed by atoms with E-state index in [1.54, 1.807) is 12.5 Å². The lowest BCUT2D eigenvalue weighted by atomic mass is 10.1. The van der Waals surface area contributed by atoms with E-state index in [1.807, 2.05) is 35.0 Å². The SMILES string of the molecule is O=C(O)c1cc(-c2ccc(-n3ccnc3)cc2)no1. The summed E-state index contributed by atoms with van der Waals surface area (Å²) in [5, 5.41) is 12.5. The van der Waals surface area contributed by atoms with Crippen LogP contribution in [0.4, 0.5) is 0 Å². The molecule has 0 saturated heterocycles. The summed E-state index contributed by atoms with van der Waals surface area (Å²) in [4.78, 5) is 14.7. The smallest absolute Gasteiger partial charge is 0.374 e. The molecule has 94 valence electrons. The molecule has 19 heavy (non-hydrogen) atoms. The summed E-state index contributed by atoms with van der Waals surface area (Å²) in [6.45, 7) is 0. The van der Waals surface area contributed by atoms with Crippen LogP contribution in [0.5, 0.6) is 0 Å². The molecule has 0 fully saturated rings. The van der Waals surface area contributed by atoms with E-state index in [9.17, 15) is 4.79 Å². The van der Waals surface area contributed by atoms with Gasteiger partial charge in [0.25, 0.3) is 0 Å². The molecule has 1 N–H and O–H groups in total. The van der Waals surface area contributed by atoms with Crippen molar-refractivity contribution in [1.29, 1.82) is 0 Å². The molecule has 3 rings (SSSR count). The first-order valence-electron chi connectivity index (χ1n) is 5.53. The molecule has 2 heterocycles. The van der Waals surface area contributed by atoms with Gasteiger partial charge in [-0.2, -0.15) is 0 Å². The fraction of sp³-hybridized carbons (Fsp3) is 0. The third-order valence-corrected chi connectivity index (χ3v) is 2.69. The monoisotopic (exact) mass is 255 g/mol. The number of benzene rings is 1. The Labute approximate surface area is 107 Å². The number of rotatable bonds is 3. The van der Waals surface area contributed by atoms with Crippen LogP contribution in [0.2, 0.25) is 0 Å². The lowest BCUT2D eigenvalue weighted by Gasteiger charge is -2.02. The molecule has 0 saturated carbocycles. The third kappa shape index (κ3) is 2.11. The second-order valence-corrected chi connectivity index (χ2v) is 3.90. The van der Waals surface area contributed by atoms with Gasteiger partial charge in [-0.1, -0.05) is 17.3 Å². The second-order valence-electron chi connectivity index (χ2n) is 3.90. The van der Waals surface area contributed by atoms with Gasteiger partial charge in [-0.25, -0.2) is 9.78 Å². The van der Waals surface area contributed by atoms with Crippen molar-refractivity contribution in [2.24, 2.45) is 0 Å². The largest absolute Gasteiger partial charge is 0.475 e. The number of imidazole rings is 1. The molecular formula is C13H9N3O3. The van der Waals surface area contributed by atoms with Gasteiger partial charge in [0.2, 0.25) is 5.76 Å². The van der Waals surface area contributed by atoms with E-state index in [0.29, 0.717) is 5.69 Å². The predicted octanol–water partition coefficient (Wildman–Crippen LogP) is 2.23. The van der Waals surface area contributed by atoms with Crippen LogP contribution < -0.4 is 0 Å². The van der Waals surface area contributed by atoms with Gasteiger partial charge in [-0.15, -0.1) is 0 Å². The average Bonchev–Trinajstić information content (AvgIpc) is 3.11. The molecule has 6 heteroatoms. The predicted molar refractivity (Wildman–Crippen MR) is 66.0 cm³/mol. The Balaban J connectivity index is 1.91. The number of carboxylic acids is 1. The van der Waals surface area contributed by atoms with Crippen molar-refractivity contribution in [3.63, 3.8) is 0 Å². The van der Waals surface area contributed by atoms with Crippen LogP contribution in [0.3, 0.4) is 0 Å². The van der Waals surface area contributed by atoms with E-state index >= 15 is 0 Å². The maximum absolute atomic E-state index is 10.7. The van der Waals surface area contributed by atoms with Crippen molar-refractivity contribution in [2.45, 2.75) is 0 Å². The zero-order valence-electron chi connectivity index (χ0n) is 9.72. The Hall–Kier alpha value is -2.89. The van der Waals surface area contributed by atoms with Crippen molar-refractivity contribution in [3.05, 3.63) is 54.8 Å². The molecule has 1 aromatic carbocycles. The summed E-state index contributed by atoms with van der Waals surface area (Å²) >= 11 is 0. The van der Waals surface area contributed by atoms with Gasteiger partial charge in [0.05, 0.1) is 6.33 Å². The molecule has 0 aliphatic rings. The van der Waals surface area contributed by atoms with Crippen LogP contribution in [0.1, 0.15) is 10.6 Å². The van der Waals surface area contributed by atoms with Crippen molar-refractivity contribution in [3.8, 4) is 16.9 Å². The number of hydrogen-bond donors (Lipinski definition) is 1. The summed E-state index contributed by atoms with van der Waals surface area (Å²) < 4.78 is 6.59. The van der Waals surface area contributed by atoms with Gasteiger partial charge >= 0.3 is 5.97 Å². The Morgan fingerprint density at radius 2 is 2.05 bits per heavy atom. The highest BCUT2D eigenvalue weighted by atomic mass is 16.5. The van der Waals surface area contributed by atoms with Gasteiger partial charge in [0, 0.05) is 29.7 Å². The number of carboxylic acid groups (broad SMARTS) is 1. The van der Waals surface area contributed by atoms with E-state index in [1.165, 1.54) is 6.07 Å². The highest BCUT2D eigenvalue weighted by Gasteiger charge is 2.12. The fourth-order valence-corrected chi connectivity index (χ4v) is 1.73. The molecule has 0 atom stereocenters. The third-order valence-electron chi connectivity index (χ3n) is 2.69. The van der Waals surface area contributed by atoms with Crippen LogP contribution in [-0.2, 0) is 0 Å². The van der Waals surface area contributed by atoms with Gasteiger partial charge in [0.1, 0.15) is 5.69 Å². The topological polar surface area (TPSA) is 81.1 Å². The van der Waals surface area contributed by atoms with E-state index < -0.39 is 5.97 Å². The number of hydrogen-bond acceptors (Lipinski definition) is 4. The van der Waals surface area contributed by atoms with E-state index in [-0.39, 0.29) is 5.76 Å². The Morgan fingerprint density at radius 1 is 1.26 bits per heavy atom. The minimum atomic E-state index is -1.13. The van der Waals surface area contributed by atoms with Crippen molar-refractivity contribution in [1.82, 2.24) is 14.7 Å². The van der Waals surface area contributed by atoms with Gasteiger partial charge < -0.3 is 14.2 Å². The van der Waals surface area contributed by atoms with Crippen LogP contribution in [0, 0.1) is 0 Å². The first-order valence-corrected chi connectivity index (χ1v) is 5.53. The highest BCUT2D eigenvalue weighted by molar-refractivity contribution is 5.85. The molecule has 3 aromatic rings. The van der Waals surface area contributed by atoms with Crippen LogP contribution in [0.25, 0.3) is 16.9 Å². The summed E-state index contributed by atoms with van der Waals surface area (Å²) in [5.41, 5.74) is 2.25. The Bertz CT molecular complexity index is 699.